The van der Waals surface area contributed by atoms with Crippen molar-refractivity contribution in [2.45, 2.75) is 31.7 Å². The number of nitrogens with two attached hydrogens (primary N) is 1. The molecular weight excluding hydrogens is 282 g/mol. The molecule has 0 amide bonds. The number of nitrogens with one attached hydrogen (secondary N) is 2. The molecule has 0 aliphatic heterocycles. The lowest BCUT2D eigenvalue weighted by atomic mass is 10.2. The highest BCUT2D eigenvalue weighted by molar-refractivity contribution is 7.22. The van der Waals surface area contributed by atoms with Gasteiger partial charge < -0.3 is 11.1 Å². The van der Waals surface area contributed by atoms with Crippen LogP contribution in [0.2, 0.25) is 0 Å². The summed E-state index contributed by atoms with van der Waals surface area (Å²) in [5.74, 6) is 0.567. The molecule has 3 aromatic heterocycles. The van der Waals surface area contributed by atoms with E-state index in [1.165, 1.54) is 30.4 Å². The number of anilines is 2. The number of nitrogens with zero attached hydrogens (tertiary/aromatic N) is 2. The fourth-order valence-corrected chi connectivity index (χ4v) is 4.02. The van der Waals surface area contributed by atoms with Crippen LogP contribution in [-0.4, -0.2) is 21.2 Å². The largest absolute Gasteiger partial charge is 0.384 e. The van der Waals surface area contributed by atoms with Crippen LogP contribution in [0.3, 0.4) is 0 Å². The molecule has 0 radical (unpaired) electrons. The normalized spacial score (nSPS) is 15.8. The van der Waals surface area contributed by atoms with Crippen molar-refractivity contribution in [3.8, 4) is 10.6 Å². The van der Waals surface area contributed by atoms with Gasteiger partial charge in [-0.1, -0.05) is 12.8 Å². The summed E-state index contributed by atoms with van der Waals surface area (Å²) in [7, 11) is 0. The second-order valence-corrected chi connectivity index (χ2v) is 6.57. The van der Waals surface area contributed by atoms with Crippen molar-refractivity contribution in [2.75, 3.05) is 11.1 Å². The summed E-state index contributed by atoms with van der Waals surface area (Å²) in [5.41, 5.74) is 9.04. The topological polar surface area (TPSA) is 79.6 Å². The maximum absolute atomic E-state index is 5.96. The van der Waals surface area contributed by atoms with Crippen LogP contribution in [-0.2, 0) is 0 Å². The first kappa shape index (κ1) is 12.6. The fraction of sp³-hybridized carbons (Fsp3) is 0.333. The highest BCUT2D eigenvalue weighted by Crippen LogP contribution is 2.37. The van der Waals surface area contributed by atoms with Gasteiger partial charge in [0.25, 0.3) is 0 Å². The third-order valence-electron chi connectivity index (χ3n) is 3.98. The van der Waals surface area contributed by atoms with Gasteiger partial charge in [-0.3, -0.25) is 5.10 Å². The van der Waals surface area contributed by atoms with Crippen LogP contribution in [0.4, 0.5) is 11.5 Å². The van der Waals surface area contributed by atoms with Gasteiger partial charge in [-0.25, -0.2) is 4.98 Å². The summed E-state index contributed by atoms with van der Waals surface area (Å²) in [6.45, 7) is 0. The number of nitrogen functional groups attached to an aromatic ring is 1. The Morgan fingerprint density at radius 2 is 2.14 bits per heavy atom. The number of H-pyrrole nitrogens is 1. The molecule has 0 saturated heterocycles. The Balaban J connectivity index is 1.78. The number of aromatic amines is 1. The van der Waals surface area contributed by atoms with Gasteiger partial charge in [0.15, 0.2) is 0 Å². The molecule has 0 spiro atoms. The zero-order chi connectivity index (χ0) is 14.2. The Morgan fingerprint density at radius 3 is 2.90 bits per heavy atom. The van der Waals surface area contributed by atoms with Crippen LogP contribution in [0.5, 0.6) is 0 Å². The molecule has 0 atom stereocenters. The number of pyridine rings is 1. The highest BCUT2D eigenvalue weighted by atomic mass is 32.1. The van der Waals surface area contributed by atoms with Crippen molar-refractivity contribution in [3.63, 3.8) is 0 Å². The number of fused-ring (bicyclic) bond motifs is 1. The minimum absolute atomic E-state index is 0.563. The van der Waals surface area contributed by atoms with E-state index in [4.69, 9.17) is 5.73 Å². The van der Waals surface area contributed by atoms with Gasteiger partial charge in [-0.2, -0.15) is 5.10 Å². The molecule has 1 fully saturated rings. The Kier molecular flexibility index (Phi) is 3.03. The van der Waals surface area contributed by atoms with Crippen molar-refractivity contribution in [1.29, 1.82) is 0 Å². The van der Waals surface area contributed by atoms with Crippen molar-refractivity contribution >= 4 is 33.1 Å². The number of rotatable bonds is 3. The SMILES string of the molecule is Nc1cc(NC2CCCC2)c2sc(-c3ccn[nH]3)cc2n1. The Labute approximate surface area is 126 Å². The monoisotopic (exact) mass is 299 g/mol. The van der Waals surface area contributed by atoms with E-state index >= 15 is 0 Å². The molecule has 6 heteroatoms. The number of hydrogen-bond acceptors (Lipinski definition) is 5. The summed E-state index contributed by atoms with van der Waals surface area (Å²) < 4.78 is 1.17. The Hall–Kier alpha value is -2.08. The minimum atomic E-state index is 0.563. The summed E-state index contributed by atoms with van der Waals surface area (Å²) in [6, 6.07) is 6.56. The quantitative estimate of drug-likeness (QED) is 0.690. The minimum Gasteiger partial charge on any atom is -0.384 e. The molecule has 108 valence electrons. The lowest BCUT2D eigenvalue weighted by Gasteiger charge is -2.14. The van der Waals surface area contributed by atoms with E-state index in [9.17, 15) is 0 Å². The maximum Gasteiger partial charge on any atom is 0.126 e. The van der Waals surface area contributed by atoms with Crippen molar-refractivity contribution in [1.82, 2.24) is 15.2 Å². The zero-order valence-corrected chi connectivity index (χ0v) is 12.4. The van der Waals surface area contributed by atoms with Gasteiger partial charge in [-0.05, 0) is 25.0 Å². The van der Waals surface area contributed by atoms with Gasteiger partial charge in [-0.15, -0.1) is 11.3 Å². The van der Waals surface area contributed by atoms with E-state index < -0.39 is 0 Å². The molecule has 5 nitrogen and oxygen atoms in total. The third kappa shape index (κ3) is 2.35. The van der Waals surface area contributed by atoms with E-state index in [0.717, 1.165) is 21.8 Å². The highest BCUT2D eigenvalue weighted by Gasteiger charge is 2.17. The standard InChI is InChI=1S/C15H17N5S/c16-14-8-12(18-9-3-1-2-4-9)15-11(19-14)7-13(21-15)10-5-6-17-20-10/h5-9H,1-4H2,(H,17,20)(H3,16,18,19). The van der Waals surface area contributed by atoms with Crippen LogP contribution < -0.4 is 11.1 Å². The van der Waals surface area contributed by atoms with Crippen LogP contribution >= 0.6 is 11.3 Å². The van der Waals surface area contributed by atoms with E-state index in [2.05, 4.69) is 26.6 Å². The first-order valence-electron chi connectivity index (χ1n) is 7.26. The summed E-state index contributed by atoms with van der Waals surface area (Å²) in [4.78, 5) is 5.59. The second kappa shape index (κ2) is 5.04. The summed E-state index contributed by atoms with van der Waals surface area (Å²) in [5, 5.41) is 10.7. The predicted molar refractivity (Wildman–Crippen MR) is 87.5 cm³/mol. The average molecular weight is 299 g/mol. The Bertz CT molecular complexity index is 756. The lowest BCUT2D eigenvalue weighted by Crippen LogP contribution is -2.14. The first-order valence-corrected chi connectivity index (χ1v) is 8.07. The molecule has 1 saturated carbocycles. The van der Waals surface area contributed by atoms with Crippen molar-refractivity contribution in [3.05, 3.63) is 24.4 Å². The average Bonchev–Trinajstić information content (AvgIpc) is 3.19. The molecule has 3 heterocycles. The molecule has 1 aliphatic carbocycles. The van der Waals surface area contributed by atoms with Gasteiger partial charge >= 0.3 is 0 Å². The predicted octanol–water partition coefficient (Wildman–Crippen LogP) is 3.62. The van der Waals surface area contributed by atoms with Crippen LogP contribution in [0.1, 0.15) is 25.7 Å². The molecule has 21 heavy (non-hydrogen) atoms. The number of thiophene rings is 1. The smallest absolute Gasteiger partial charge is 0.126 e. The van der Waals surface area contributed by atoms with Gasteiger partial charge in [0.2, 0.25) is 0 Å². The first-order chi connectivity index (χ1) is 10.3. The molecule has 3 aromatic rings. The molecule has 4 N–H and O–H groups in total. The summed E-state index contributed by atoms with van der Waals surface area (Å²) >= 11 is 1.72. The molecule has 4 rings (SSSR count). The Morgan fingerprint density at radius 1 is 1.29 bits per heavy atom. The van der Waals surface area contributed by atoms with Crippen molar-refractivity contribution < 1.29 is 0 Å². The van der Waals surface area contributed by atoms with Gasteiger partial charge in [0, 0.05) is 18.3 Å². The maximum atomic E-state index is 5.96. The molecule has 1 aliphatic rings. The summed E-state index contributed by atoms with van der Waals surface area (Å²) in [6.07, 6.45) is 6.86. The van der Waals surface area contributed by atoms with E-state index in [1.54, 1.807) is 17.5 Å². The van der Waals surface area contributed by atoms with E-state index in [1.807, 2.05) is 12.1 Å². The molecule has 0 bridgehead atoms. The molecular formula is C15H17N5S. The van der Waals surface area contributed by atoms with Gasteiger partial charge in [0.05, 0.1) is 26.5 Å². The van der Waals surface area contributed by atoms with Crippen molar-refractivity contribution in [2.24, 2.45) is 0 Å². The third-order valence-corrected chi connectivity index (χ3v) is 5.17. The molecule has 0 unspecified atom stereocenters. The number of hydrogen-bond donors (Lipinski definition) is 3. The zero-order valence-electron chi connectivity index (χ0n) is 11.6. The number of aromatic nitrogens is 3. The van der Waals surface area contributed by atoms with Gasteiger partial charge in [0.1, 0.15) is 5.82 Å². The lowest BCUT2D eigenvalue weighted by molar-refractivity contribution is 0.757. The second-order valence-electron chi connectivity index (χ2n) is 5.52. The van der Waals surface area contributed by atoms with Crippen LogP contribution in [0, 0.1) is 0 Å². The molecule has 0 aromatic carbocycles. The van der Waals surface area contributed by atoms with E-state index in [-0.39, 0.29) is 0 Å². The fourth-order valence-electron chi connectivity index (χ4n) is 2.97. The van der Waals surface area contributed by atoms with E-state index in [0.29, 0.717) is 11.9 Å². The van der Waals surface area contributed by atoms with Crippen LogP contribution in [0.25, 0.3) is 20.8 Å². The van der Waals surface area contributed by atoms with Crippen LogP contribution in [0.15, 0.2) is 24.4 Å².